The predicted molar refractivity (Wildman–Crippen MR) is 81.1 cm³/mol. The smallest absolute Gasteiger partial charge is 0.335 e. The summed E-state index contributed by atoms with van der Waals surface area (Å²) in [5.74, 6) is -1.90. The van der Waals surface area contributed by atoms with Gasteiger partial charge in [-0.05, 0) is 29.6 Å². The second-order valence-electron chi connectivity index (χ2n) is 4.39. The Kier molecular flexibility index (Phi) is 3.43. The van der Waals surface area contributed by atoms with E-state index in [9.17, 15) is 9.59 Å². The Morgan fingerprint density at radius 2 is 1.73 bits per heavy atom. The van der Waals surface area contributed by atoms with Gasteiger partial charge in [0, 0.05) is 5.69 Å². The van der Waals surface area contributed by atoms with Crippen molar-refractivity contribution in [1.29, 1.82) is 0 Å². The van der Waals surface area contributed by atoms with E-state index in [0.29, 0.717) is 11.5 Å². The quantitative estimate of drug-likeness (QED) is 0.678. The van der Waals surface area contributed by atoms with Gasteiger partial charge in [-0.15, -0.1) is 11.3 Å². The molecule has 2 heterocycles. The van der Waals surface area contributed by atoms with E-state index in [2.05, 4.69) is 15.3 Å². The van der Waals surface area contributed by atoms with Crippen LogP contribution < -0.4 is 5.32 Å². The van der Waals surface area contributed by atoms with Gasteiger partial charge in [-0.3, -0.25) is 0 Å². The number of aromatic carboxylic acids is 2. The standard InChI is InChI=1S/C14H9N3O4S/c18-13(19)7-3-8(14(20)21)5-9(4-7)17-12-11-10(1-2-22-11)15-6-16-12/h1-6H,(H,18,19)(H,20,21)(H,15,16,17). The number of anilines is 2. The highest BCUT2D eigenvalue weighted by Crippen LogP contribution is 2.28. The van der Waals surface area contributed by atoms with E-state index in [1.54, 1.807) is 0 Å². The molecule has 3 rings (SSSR count). The van der Waals surface area contributed by atoms with Crippen LogP contribution in [0.1, 0.15) is 20.7 Å². The van der Waals surface area contributed by atoms with Gasteiger partial charge in [0.1, 0.15) is 6.33 Å². The van der Waals surface area contributed by atoms with E-state index in [1.165, 1.54) is 29.8 Å². The molecule has 0 radical (unpaired) electrons. The van der Waals surface area contributed by atoms with Gasteiger partial charge in [0.05, 0.1) is 21.3 Å². The van der Waals surface area contributed by atoms with E-state index in [0.717, 1.165) is 16.3 Å². The summed E-state index contributed by atoms with van der Waals surface area (Å²) < 4.78 is 0.806. The van der Waals surface area contributed by atoms with Crippen LogP contribution in [-0.4, -0.2) is 32.1 Å². The van der Waals surface area contributed by atoms with E-state index in [-0.39, 0.29) is 11.1 Å². The van der Waals surface area contributed by atoms with Gasteiger partial charge in [-0.25, -0.2) is 19.6 Å². The molecule has 0 amide bonds. The minimum Gasteiger partial charge on any atom is -0.478 e. The first-order chi connectivity index (χ1) is 10.5. The molecular weight excluding hydrogens is 306 g/mol. The summed E-state index contributed by atoms with van der Waals surface area (Å²) in [6.45, 7) is 0. The number of thiophene rings is 1. The third kappa shape index (κ3) is 2.59. The highest BCUT2D eigenvalue weighted by atomic mass is 32.1. The summed E-state index contributed by atoms with van der Waals surface area (Å²) in [7, 11) is 0. The van der Waals surface area contributed by atoms with Crippen molar-refractivity contribution in [3.63, 3.8) is 0 Å². The van der Waals surface area contributed by atoms with Crippen molar-refractivity contribution >= 4 is 45.0 Å². The number of aromatic nitrogens is 2. The molecule has 0 spiro atoms. The zero-order valence-electron chi connectivity index (χ0n) is 11.0. The number of hydrogen-bond donors (Lipinski definition) is 3. The van der Waals surface area contributed by atoms with Crippen molar-refractivity contribution in [2.75, 3.05) is 5.32 Å². The van der Waals surface area contributed by atoms with Gasteiger partial charge in [0.15, 0.2) is 5.82 Å². The van der Waals surface area contributed by atoms with Crippen LogP contribution in [0.3, 0.4) is 0 Å². The number of carbonyl (C=O) groups is 2. The fourth-order valence-corrected chi connectivity index (χ4v) is 2.75. The second-order valence-corrected chi connectivity index (χ2v) is 5.31. The zero-order valence-corrected chi connectivity index (χ0v) is 11.8. The summed E-state index contributed by atoms with van der Waals surface area (Å²) in [5.41, 5.74) is 0.874. The van der Waals surface area contributed by atoms with Gasteiger partial charge in [0.2, 0.25) is 0 Å². The molecule has 1 aromatic carbocycles. The first-order valence-corrected chi connectivity index (χ1v) is 6.99. The van der Waals surface area contributed by atoms with Crippen molar-refractivity contribution in [2.45, 2.75) is 0 Å². The van der Waals surface area contributed by atoms with Crippen LogP contribution in [0.2, 0.25) is 0 Å². The topological polar surface area (TPSA) is 112 Å². The summed E-state index contributed by atoms with van der Waals surface area (Å²) >= 11 is 1.43. The highest BCUT2D eigenvalue weighted by molar-refractivity contribution is 7.17. The first-order valence-electron chi connectivity index (χ1n) is 6.11. The lowest BCUT2D eigenvalue weighted by atomic mass is 10.1. The number of carboxylic acid groups (broad SMARTS) is 2. The Morgan fingerprint density at radius 1 is 1.05 bits per heavy atom. The lowest BCUT2D eigenvalue weighted by Crippen LogP contribution is -2.04. The van der Waals surface area contributed by atoms with Crippen LogP contribution in [0.25, 0.3) is 10.2 Å². The maximum Gasteiger partial charge on any atom is 0.335 e. The predicted octanol–water partition coefficient (Wildman–Crippen LogP) is 2.83. The van der Waals surface area contributed by atoms with Crippen LogP contribution in [0, 0.1) is 0 Å². The number of carboxylic acids is 2. The molecular formula is C14H9N3O4S. The molecule has 0 atom stereocenters. The molecule has 0 saturated carbocycles. The lowest BCUT2D eigenvalue weighted by Gasteiger charge is -2.08. The Hall–Kier alpha value is -3.00. The molecule has 7 nitrogen and oxygen atoms in total. The minimum absolute atomic E-state index is 0.112. The first kappa shape index (κ1) is 14.0. The van der Waals surface area contributed by atoms with Crippen LogP contribution in [0.15, 0.2) is 36.0 Å². The summed E-state index contributed by atoms with van der Waals surface area (Å²) in [5, 5.41) is 23.0. The molecule has 0 saturated heterocycles. The van der Waals surface area contributed by atoms with Crippen molar-refractivity contribution in [1.82, 2.24) is 9.97 Å². The van der Waals surface area contributed by atoms with Gasteiger partial charge in [0.25, 0.3) is 0 Å². The van der Waals surface area contributed by atoms with Gasteiger partial charge >= 0.3 is 11.9 Å². The molecule has 0 aliphatic rings. The molecule has 110 valence electrons. The average molecular weight is 315 g/mol. The molecule has 2 aromatic heterocycles. The molecule has 0 aliphatic carbocycles. The van der Waals surface area contributed by atoms with E-state index >= 15 is 0 Å². The Morgan fingerprint density at radius 3 is 2.36 bits per heavy atom. The molecule has 3 aromatic rings. The largest absolute Gasteiger partial charge is 0.478 e. The van der Waals surface area contributed by atoms with Crippen molar-refractivity contribution in [3.8, 4) is 0 Å². The summed E-state index contributed by atoms with van der Waals surface area (Å²) in [4.78, 5) is 30.4. The Bertz CT molecular complexity index is 858. The normalized spacial score (nSPS) is 10.5. The van der Waals surface area contributed by atoms with Gasteiger partial charge in [-0.1, -0.05) is 0 Å². The number of rotatable bonds is 4. The average Bonchev–Trinajstić information content (AvgIpc) is 2.96. The third-order valence-electron chi connectivity index (χ3n) is 2.93. The van der Waals surface area contributed by atoms with Crippen molar-refractivity contribution in [3.05, 3.63) is 47.1 Å². The van der Waals surface area contributed by atoms with Gasteiger partial charge in [-0.2, -0.15) is 0 Å². The summed E-state index contributed by atoms with van der Waals surface area (Å²) in [6.07, 6.45) is 1.39. The van der Waals surface area contributed by atoms with Crippen LogP contribution >= 0.6 is 11.3 Å². The number of nitrogens with one attached hydrogen (secondary N) is 1. The zero-order chi connectivity index (χ0) is 15.7. The fraction of sp³-hybridized carbons (Fsp3) is 0. The number of nitrogens with zero attached hydrogens (tertiary/aromatic N) is 2. The van der Waals surface area contributed by atoms with E-state index in [1.807, 2.05) is 11.4 Å². The fourth-order valence-electron chi connectivity index (χ4n) is 1.96. The van der Waals surface area contributed by atoms with Crippen LogP contribution in [0.4, 0.5) is 11.5 Å². The Balaban J connectivity index is 2.06. The van der Waals surface area contributed by atoms with Gasteiger partial charge < -0.3 is 15.5 Å². The van der Waals surface area contributed by atoms with Crippen LogP contribution in [-0.2, 0) is 0 Å². The maximum atomic E-state index is 11.1. The molecule has 0 fully saturated rings. The summed E-state index contributed by atoms with van der Waals surface area (Å²) in [6, 6.07) is 5.66. The molecule has 8 heteroatoms. The molecule has 3 N–H and O–H groups in total. The minimum atomic E-state index is -1.20. The SMILES string of the molecule is O=C(O)c1cc(Nc2ncnc3ccsc23)cc(C(=O)O)c1. The molecule has 22 heavy (non-hydrogen) atoms. The number of benzene rings is 1. The Labute approximate surface area is 127 Å². The van der Waals surface area contributed by atoms with E-state index < -0.39 is 11.9 Å². The van der Waals surface area contributed by atoms with Crippen molar-refractivity contribution < 1.29 is 19.8 Å². The van der Waals surface area contributed by atoms with Crippen molar-refractivity contribution in [2.24, 2.45) is 0 Å². The molecule has 0 aliphatic heterocycles. The molecule has 0 bridgehead atoms. The monoisotopic (exact) mass is 315 g/mol. The van der Waals surface area contributed by atoms with Crippen LogP contribution in [0.5, 0.6) is 0 Å². The highest BCUT2D eigenvalue weighted by Gasteiger charge is 2.13. The number of fused-ring (bicyclic) bond motifs is 1. The lowest BCUT2D eigenvalue weighted by molar-refractivity contribution is 0.0696. The maximum absolute atomic E-state index is 11.1. The number of hydrogen-bond acceptors (Lipinski definition) is 6. The third-order valence-corrected chi connectivity index (χ3v) is 3.84. The van der Waals surface area contributed by atoms with E-state index in [4.69, 9.17) is 10.2 Å². The molecule has 0 unspecified atom stereocenters. The second kappa shape index (κ2) is 5.41.